The Morgan fingerprint density at radius 1 is 1.40 bits per heavy atom. The predicted molar refractivity (Wildman–Crippen MR) is 53.8 cm³/mol. The third kappa shape index (κ3) is 11.5. The topological polar surface area (TPSA) is 26.3 Å². The van der Waals surface area contributed by atoms with Crippen LogP contribution in [0, 0.1) is 0 Å². The molecule has 0 unspecified atom stereocenters. The number of hydrogen-bond acceptors (Lipinski definition) is 3. The SMILES string of the molecule is CC(C)OC(=O)CSCCCC(F)(F)F. The maximum Gasteiger partial charge on any atom is 0.389 e. The Morgan fingerprint density at radius 3 is 2.47 bits per heavy atom. The van der Waals surface area contributed by atoms with E-state index in [4.69, 9.17) is 4.74 Å². The van der Waals surface area contributed by atoms with Crippen LogP contribution in [0.5, 0.6) is 0 Å². The van der Waals surface area contributed by atoms with Crippen molar-refractivity contribution in [2.75, 3.05) is 11.5 Å². The standard InChI is InChI=1S/C9H15F3O2S/c1-7(2)14-8(13)6-15-5-3-4-9(10,11)12/h7H,3-6H2,1-2H3. The minimum absolute atomic E-state index is 0.0448. The number of carbonyl (C=O) groups excluding carboxylic acids is 1. The molecule has 0 atom stereocenters. The monoisotopic (exact) mass is 244 g/mol. The first-order valence-corrected chi connectivity index (χ1v) is 5.80. The van der Waals surface area contributed by atoms with Crippen molar-refractivity contribution >= 4 is 17.7 Å². The molecule has 0 aromatic carbocycles. The first kappa shape index (κ1) is 14.6. The van der Waals surface area contributed by atoms with Gasteiger partial charge in [-0.1, -0.05) is 0 Å². The van der Waals surface area contributed by atoms with Gasteiger partial charge in [0.1, 0.15) is 0 Å². The van der Waals surface area contributed by atoms with Crippen LogP contribution in [0.3, 0.4) is 0 Å². The number of halogens is 3. The normalized spacial score (nSPS) is 11.9. The van der Waals surface area contributed by atoms with Gasteiger partial charge in [0.05, 0.1) is 11.9 Å². The Balaban J connectivity index is 3.35. The molecule has 0 fully saturated rings. The molecule has 0 heterocycles. The minimum atomic E-state index is -4.10. The van der Waals surface area contributed by atoms with Crippen LogP contribution in [0.15, 0.2) is 0 Å². The fourth-order valence-corrected chi connectivity index (χ4v) is 1.55. The second-order valence-electron chi connectivity index (χ2n) is 3.31. The summed E-state index contributed by atoms with van der Waals surface area (Å²) in [7, 11) is 0. The van der Waals surface area contributed by atoms with E-state index in [2.05, 4.69) is 0 Å². The fraction of sp³-hybridized carbons (Fsp3) is 0.889. The van der Waals surface area contributed by atoms with Gasteiger partial charge in [-0.15, -0.1) is 0 Å². The van der Waals surface area contributed by atoms with Crippen molar-refractivity contribution in [3.63, 3.8) is 0 Å². The molecule has 0 rings (SSSR count). The Morgan fingerprint density at radius 2 is 2.00 bits per heavy atom. The number of hydrogen-bond donors (Lipinski definition) is 0. The highest BCUT2D eigenvalue weighted by Gasteiger charge is 2.25. The lowest BCUT2D eigenvalue weighted by Crippen LogP contribution is -2.13. The quantitative estimate of drug-likeness (QED) is 0.530. The summed E-state index contributed by atoms with van der Waals surface area (Å²) >= 11 is 1.17. The van der Waals surface area contributed by atoms with Crippen LogP contribution in [-0.2, 0) is 9.53 Å². The molecule has 0 saturated heterocycles. The zero-order valence-corrected chi connectivity index (χ0v) is 9.58. The molecule has 0 bridgehead atoms. The van der Waals surface area contributed by atoms with E-state index in [1.54, 1.807) is 13.8 Å². The minimum Gasteiger partial charge on any atom is -0.462 e. The van der Waals surface area contributed by atoms with E-state index in [9.17, 15) is 18.0 Å². The van der Waals surface area contributed by atoms with Crippen LogP contribution in [0.1, 0.15) is 26.7 Å². The molecule has 0 aliphatic carbocycles. The molecular weight excluding hydrogens is 229 g/mol. The zero-order chi connectivity index (χ0) is 11.9. The zero-order valence-electron chi connectivity index (χ0n) is 8.76. The number of esters is 1. The average molecular weight is 244 g/mol. The van der Waals surface area contributed by atoms with Crippen molar-refractivity contribution in [1.29, 1.82) is 0 Å². The fourth-order valence-electron chi connectivity index (χ4n) is 0.827. The molecule has 0 aliphatic heterocycles. The van der Waals surface area contributed by atoms with Crippen LogP contribution >= 0.6 is 11.8 Å². The van der Waals surface area contributed by atoms with E-state index >= 15 is 0 Å². The highest BCUT2D eigenvalue weighted by atomic mass is 32.2. The summed E-state index contributed by atoms with van der Waals surface area (Å²) in [6.45, 7) is 3.46. The molecule has 15 heavy (non-hydrogen) atoms. The molecule has 0 aromatic rings. The van der Waals surface area contributed by atoms with E-state index in [1.165, 1.54) is 11.8 Å². The Labute approximate surface area is 91.6 Å². The first-order chi connectivity index (χ1) is 6.81. The van der Waals surface area contributed by atoms with E-state index in [0.717, 1.165) is 0 Å². The number of ether oxygens (including phenoxy) is 1. The van der Waals surface area contributed by atoms with Gasteiger partial charge < -0.3 is 4.74 Å². The van der Waals surface area contributed by atoms with Gasteiger partial charge in [0.15, 0.2) is 0 Å². The molecular formula is C9H15F3O2S. The van der Waals surface area contributed by atoms with Crippen LogP contribution in [0.25, 0.3) is 0 Å². The summed E-state index contributed by atoms with van der Waals surface area (Å²) in [6, 6.07) is 0. The lowest BCUT2D eigenvalue weighted by molar-refractivity contribution is -0.144. The van der Waals surface area contributed by atoms with Crippen molar-refractivity contribution in [3.8, 4) is 0 Å². The Hall–Kier alpha value is -0.390. The van der Waals surface area contributed by atoms with Gasteiger partial charge >= 0.3 is 12.1 Å². The van der Waals surface area contributed by atoms with Crippen LogP contribution in [0.4, 0.5) is 13.2 Å². The second kappa shape index (κ2) is 6.98. The predicted octanol–water partition coefficient (Wildman–Crippen LogP) is 3.01. The molecule has 2 nitrogen and oxygen atoms in total. The molecule has 0 radical (unpaired) electrons. The van der Waals surface area contributed by atoms with E-state index in [1.807, 2.05) is 0 Å². The highest BCUT2D eigenvalue weighted by Crippen LogP contribution is 2.22. The third-order valence-corrected chi connectivity index (χ3v) is 2.35. The highest BCUT2D eigenvalue weighted by molar-refractivity contribution is 7.99. The van der Waals surface area contributed by atoms with Gasteiger partial charge in [-0.2, -0.15) is 24.9 Å². The van der Waals surface area contributed by atoms with Crippen molar-refractivity contribution in [2.24, 2.45) is 0 Å². The van der Waals surface area contributed by atoms with Crippen molar-refractivity contribution in [2.45, 2.75) is 39.0 Å². The summed E-state index contributed by atoms with van der Waals surface area (Å²) in [5.74, 6) is 0.0740. The van der Waals surface area contributed by atoms with Crippen molar-refractivity contribution in [1.82, 2.24) is 0 Å². The summed E-state index contributed by atoms with van der Waals surface area (Å²) in [4.78, 5) is 10.9. The molecule has 0 amide bonds. The van der Waals surface area contributed by atoms with Gasteiger partial charge in [-0.3, -0.25) is 4.79 Å². The van der Waals surface area contributed by atoms with Crippen molar-refractivity contribution < 1.29 is 22.7 Å². The smallest absolute Gasteiger partial charge is 0.389 e. The molecule has 0 N–H and O–H groups in total. The number of rotatable bonds is 6. The first-order valence-electron chi connectivity index (χ1n) is 4.65. The lowest BCUT2D eigenvalue weighted by atomic mass is 10.3. The summed E-state index contributed by atoms with van der Waals surface area (Å²) < 4.78 is 40.0. The number of thioether (sulfide) groups is 1. The van der Waals surface area contributed by atoms with Crippen LogP contribution < -0.4 is 0 Å². The van der Waals surface area contributed by atoms with Gasteiger partial charge in [-0.25, -0.2) is 0 Å². The van der Waals surface area contributed by atoms with Crippen LogP contribution in [-0.4, -0.2) is 29.8 Å². The summed E-state index contributed by atoms with van der Waals surface area (Å²) in [5, 5.41) is 0. The van der Waals surface area contributed by atoms with Gasteiger partial charge in [-0.05, 0) is 26.0 Å². The Bertz CT molecular complexity index is 192. The molecule has 0 saturated carbocycles. The van der Waals surface area contributed by atoms with Crippen molar-refractivity contribution in [3.05, 3.63) is 0 Å². The third-order valence-electron chi connectivity index (χ3n) is 1.34. The van der Waals surface area contributed by atoms with E-state index in [-0.39, 0.29) is 24.2 Å². The Kier molecular flexibility index (Phi) is 6.80. The lowest BCUT2D eigenvalue weighted by Gasteiger charge is -2.08. The second-order valence-corrected chi connectivity index (χ2v) is 4.42. The molecule has 6 heteroatoms. The van der Waals surface area contributed by atoms with E-state index in [0.29, 0.717) is 5.75 Å². The molecule has 0 aliphatic rings. The largest absolute Gasteiger partial charge is 0.462 e. The molecule has 0 spiro atoms. The van der Waals surface area contributed by atoms with E-state index < -0.39 is 12.6 Å². The van der Waals surface area contributed by atoms with Crippen LogP contribution in [0.2, 0.25) is 0 Å². The molecule has 0 aromatic heterocycles. The maximum atomic E-state index is 11.7. The van der Waals surface area contributed by atoms with Gasteiger partial charge in [0.2, 0.25) is 0 Å². The molecule has 90 valence electrons. The summed E-state index contributed by atoms with van der Waals surface area (Å²) in [6.07, 6.45) is -5.02. The number of carbonyl (C=O) groups is 1. The maximum absolute atomic E-state index is 11.7. The average Bonchev–Trinajstić information content (AvgIpc) is 1.99. The van der Waals surface area contributed by atoms with Gasteiger partial charge in [0, 0.05) is 6.42 Å². The summed E-state index contributed by atoms with van der Waals surface area (Å²) in [5.41, 5.74) is 0. The van der Waals surface area contributed by atoms with Gasteiger partial charge in [0.25, 0.3) is 0 Å². The number of alkyl halides is 3.